The zero-order valence-electron chi connectivity index (χ0n) is 3.01. The van der Waals surface area contributed by atoms with Gasteiger partial charge in [-0.2, -0.15) is 0 Å². The molecule has 6 heavy (non-hydrogen) atoms. The minimum Gasteiger partial charge on any atom is -0.0683 e. The summed E-state index contributed by atoms with van der Waals surface area (Å²) in [5.41, 5.74) is 0. The molecular weight excluding hydrogens is 539 g/mol. The molecule has 0 aliphatic rings. The van der Waals surface area contributed by atoms with Gasteiger partial charge in [0, 0.05) is 0 Å². The maximum absolute atomic E-state index is 3.35. The van der Waals surface area contributed by atoms with Crippen LogP contribution in [0.15, 0.2) is 0 Å². The third-order valence-electron chi connectivity index (χ3n) is 0. The summed E-state index contributed by atoms with van der Waals surface area (Å²) < 4.78 is 0. The van der Waals surface area contributed by atoms with Gasteiger partial charge in [-0.25, -0.2) is 0 Å². The van der Waals surface area contributed by atoms with E-state index in [1.54, 1.807) is 0 Å². The van der Waals surface area contributed by atoms with Crippen molar-refractivity contribution in [3.05, 3.63) is 7.43 Å². The molecule has 0 aromatic rings. The number of rotatable bonds is 0. The van der Waals surface area contributed by atoms with E-state index in [2.05, 4.69) is 47.9 Å². The molecule has 0 nitrogen and oxygen atoms in total. The van der Waals surface area contributed by atoms with Crippen molar-refractivity contribution in [3.8, 4) is 0 Å². The molecule has 0 atom stereocenters. The molecule has 0 fully saturated rings. The Morgan fingerprint density at radius 2 is 0.833 bits per heavy atom. The molecule has 0 aromatic heterocycles. The maximum Gasteiger partial charge on any atom is -0.0683 e. The Hall–Kier alpha value is 2.84. The van der Waals surface area contributed by atoms with Crippen LogP contribution in [0.1, 0.15) is 0 Å². The second kappa shape index (κ2) is 4.70. The van der Waals surface area contributed by atoms with E-state index in [1.807, 2.05) is 0 Å². The third-order valence-corrected chi connectivity index (χ3v) is 0. The van der Waals surface area contributed by atoms with Crippen LogP contribution in [0.2, 0.25) is 0 Å². The standard InChI is InChI=1S/CH3.4BrH.Pb/h1H3;4*1H;/q;;;;;+4/p-4. The van der Waals surface area contributed by atoms with Gasteiger partial charge in [0.2, 0.25) is 0 Å². The average molecular weight is 542 g/mol. The van der Waals surface area contributed by atoms with Crippen LogP contribution in [0.3, 0.4) is 0 Å². The fourth-order valence-corrected chi connectivity index (χ4v) is 0. The van der Waals surface area contributed by atoms with E-state index in [1.165, 1.54) is 0 Å². The van der Waals surface area contributed by atoms with Crippen LogP contribution in [0, 0.1) is 7.43 Å². The van der Waals surface area contributed by atoms with Crippen LogP contribution < -0.4 is 0 Å². The van der Waals surface area contributed by atoms with Crippen LogP contribution in [-0.2, 0) is 0 Å². The first-order chi connectivity index (χ1) is 2.00. The van der Waals surface area contributed by atoms with E-state index in [4.69, 9.17) is 0 Å². The molecular formula is CH3Br4Pb. The molecule has 1 radical (unpaired) electrons. The predicted octanol–water partition coefficient (Wildman–Crippen LogP) is 3.45. The van der Waals surface area contributed by atoms with E-state index in [9.17, 15) is 0 Å². The van der Waals surface area contributed by atoms with Crippen molar-refractivity contribution in [1.29, 1.82) is 0 Å². The third kappa shape index (κ3) is 28.9. The molecule has 0 heterocycles. The summed E-state index contributed by atoms with van der Waals surface area (Å²) >= 11 is 11.4. The van der Waals surface area contributed by atoms with Gasteiger partial charge in [0.05, 0.1) is 0 Å². The summed E-state index contributed by atoms with van der Waals surface area (Å²) in [5, 5.41) is 0. The van der Waals surface area contributed by atoms with E-state index in [0.717, 1.165) is 0 Å². The zero-order chi connectivity index (χ0) is 4.50. The second-order valence-electron chi connectivity index (χ2n) is 0.429. The average Bonchev–Trinajstić information content (AvgIpc) is 0.722. The van der Waals surface area contributed by atoms with Crippen LogP contribution in [0.4, 0.5) is 0 Å². The Bertz CT molecular complexity index is 23.0. The van der Waals surface area contributed by atoms with Crippen molar-refractivity contribution < 1.29 is 0 Å². The van der Waals surface area contributed by atoms with Crippen molar-refractivity contribution in [2.24, 2.45) is 0 Å². The van der Waals surface area contributed by atoms with E-state index in [-0.39, 0.29) is 7.43 Å². The Balaban J connectivity index is 0. The fraction of sp³-hybridized carbons (Fsp3) is 0. The molecule has 39 valence electrons. The van der Waals surface area contributed by atoms with Crippen molar-refractivity contribution in [3.63, 3.8) is 0 Å². The summed E-state index contributed by atoms with van der Waals surface area (Å²) in [6.07, 6.45) is 0. The van der Waals surface area contributed by atoms with Gasteiger partial charge in [-0.05, 0) is 0 Å². The normalized spacial score (nSPS) is 10.0. The van der Waals surface area contributed by atoms with Crippen molar-refractivity contribution in [2.45, 2.75) is 0 Å². The van der Waals surface area contributed by atoms with Crippen LogP contribution in [0.5, 0.6) is 0 Å². The minimum absolute atomic E-state index is 0. The Morgan fingerprint density at radius 1 is 0.833 bits per heavy atom. The van der Waals surface area contributed by atoms with Crippen LogP contribution >= 0.6 is 47.9 Å². The first kappa shape index (κ1) is 11.6. The summed E-state index contributed by atoms with van der Waals surface area (Å²) in [6.45, 7) is 0. The molecule has 0 N–H and O–H groups in total. The molecule has 0 saturated carbocycles. The monoisotopic (exact) mass is 539 g/mol. The maximum atomic E-state index is 3.35. The molecule has 0 aliphatic heterocycles. The van der Waals surface area contributed by atoms with Gasteiger partial charge < -0.3 is 0 Å². The number of hydrogen-bond acceptors (Lipinski definition) is 0. The smallest absolute Gasteiger partial charge is 0.0683 e. The molecule has 0 aromatic carbocycles. The fourth-order valence-electron chi connectivity index (χ4n) is 0. The van der Waals surface area contributed by atoms with Crippen LogP contribution in [0.25, 0.3) is 0 Å². The molecule has 0 rings (SSSR count). The number of hydrogen-bond donors (Lipinski definition) is 0. The van der Waals surface area contributed by atoms with Gasteiger partial charge in [0.15, 0.2) is 0 Å². The first-order valence-corrected chi connectivity index (χ1v) is 34.5. The Morgan fingerprint density at radius 3 is 0.833 bits per heavy atom. The van der Waals surface area contributed by atoms with Gasteiger partial charge in [-0.1, -0.05) is 7.43 Å². The molecule has 0 spiro atoms. The number of halogens is 4. The summed E-state index contributed by atoms with van der Waals surface area (Å²) in [4.78, 5) is 0. The van der Waals surface area contributed by atoms with E-state index in [0.29, 0.717) is 0 Å². The van der Waals surface area contributed by atoms with Crippen molar-refractivity contribution in [2.75, 3.05) is 0 Å². The van der Waals surface area contributed by atoms with E-state index < -0.39 is 11.5 Å². The first-order valence-electron chi connectivity index (χ1n) is 0.756. The zero-order valence-corrected chi connectivity index (χ0v) is 13.2. The van der Waals surface area contributed by atoms with Gasteiger partial charge in [0.25, 0.3) is 0 Å². The molecule has 0 bridgehead atoms. The van der Waals surface area contributed by atoms with Gasteiger partial charge in [0.1, 0.15) is 0 Å². The van der Waals surface area contributed by atoms with Gasteiger partial charge in [-0.3, -0.25) is 0 Å². The minimum atomic E-state index is -2.03. The second-order valence-corrected chi connectivity index (χ2v) is 102. The molecule has 0 aliphatic carbocycles. The van der Waals surface area contributed by atoms with E-state index >= 15 is 0 Å². The topological polar surface area (TPSA) is 0 Å². The Kier molecular flexibility index (Phi) is 9.09. The molecule has 0 saturated heterocycles. The summed E-state index contributed by atoms with van der Waals surface area (Å²) in [6, 6.07) is 0. The largest absolute Gasteiger partial charge is 0.0683 e. The van der Waals surface area contributed by atoms with Crippen molar-refractivity contribution >= 4 is 59.5 Å². The van der Waals surface area contributed by atoms with Crippen LogP contribution in [-0.4, -0.2) is 11.5 Å². The van der Waals surface area contributed by atoms with Gasteiger partial charge in [-0.15, -0.1) is 0 Å². The molecule has 0 unspecified atom stereocenters. The summed E-state index contributed by atoms with van der Waals surface area (Å²) in [7, 11) is 0. The molecule has 5 heteroatoms. The quantitative estimate of drug-likeness (QED) is 0.412. The Labute approximate surface area is 65.3 Å². The van der Waals surface area contributed by atoms with Crippen molar-refractivity contribution in [1.82, 2.24) is 0 Å². The SMILES string of the molecule is [Br][Pb]([Br])([Br])[Br].[CH3]. The summed E-state index contributed by atoms with van der Waals surface area (Å²) in [5.74, 6) is 0. The molecule has 0 amide bonds. The predicted molar refractivity (Wildman–Crippen MR) is 47.9 cm³/mol. The van der Waals surface area contributed by atoms with Gasteiger partial charge >= 0.3 is 59.5 Å².